The van der Waals surface area contributed by atoms with Gasteiger partial charge in [0.05, 0.1) is 5.69 Å². The van der Waals surface area contributed by atoms with Crippen molar-refractivity contribution < 1.29 is 9.18 Å². The molecule has 2 aromatic heterocycles. The summed E-state index contributed by atoms with van der Waals surface area (Å²) in [6, 6.07) is 6.01. The molecule has 1 aromatic carbocycles. The van der Waals surface area contributed by atoms with Gasteiger partial charge in [0.2, 0.25) is 5.91 Å². The second kappa shape index (κ2) is 7.49. The van der Waals surface area contributed by atoms with E-state index in [1.807, 2.05) is 4.90 Å². The minimum atomic E-state index is -0.312. The fourth-order valence-corrected chi connectivity index (χ4v) is 3.37. The number of benzene rings is 1. The second-order valence-electron chi connectivity index (χ2n) is 7.31. The average molecular weight is 383 g/mol. The summed E-state index contributed by atoms with van der Waals surface area (Å²) in [5.74, 6) is 0.945. The summed E-state index contributed by atoms with van der Waals surface area (Å²) in [6.45, 7) is 6.78. The molecule has 0 bridgehead atoms. The molecule has 0 N–H and O–H groups in total. The Kier molecular flexibility index (Phi) is 4.89. The fourth-order valence-electron chi connectivity index (χ4n) is 3.37. The van der Waals surface area contributed by atoms with Crippen molar-refractivity contribution in [2.45, 2.75) is 20.3 Å². The molecular formula is C19H22FN7O. The van der Waals surface area contributed by atoms with E-state index in [1.54, 1.807) is 16.8 Å². The number of fused-ring (bicyclic) bond motifs is 1. The lowest BCUT2D eigenvalue weighted by Gasteiger charge is -2.35. The summed E-state index contributed by atoms with van der Waals surface area (Å²) in [7, 11) is 0. The number of piperazine rings is 1. The third-order valence-electron chi connectivity index (χ3n) is 4.80. The SMILES string of the molecule is CC(C)CC(=O)N1CCN(c2ncnc3c2nnn3-c2ccc(F)cc2)CC1. The Morgan fingerprint density at radius 2 is 1.82 bits per heavy atom. The first kappa shape index (κ1) is 18.3. The van der Waals surface area contributed by atoms with Crippen LogP contribution in [0.5, 0.6) is 0 Å². The lowest BCUT2D eigenvalue weighted by atomic mass is 10.1. The number of rotatable bonds is 4. The van der Waals surface area contributed by atoms with Crippen molar-refractivity contribution in [1.29, 1.82) is 0 Å². The molecule has 0 unspecified atom stereocenters. The van der Waals surface area contributed by atoms with Crippen LogP contribution in [0.2, 0.25) is 0 Å². The predicted molar refractivity (Wildman–Crippen MR) is 103 cm³/mol. The normalized spacial score (nSPS) is 14.9. The molecule has 1 amide bonds. The van der Waals surface area contributed by atoms with Gasteiger partial charge in [-0.05, 0) is 30.2 Å². The molecule has 0 radical (unpaired) electrons. The molecule has 3 heterocycles. The third kappa shape index (κ3) is 3.51. The van der Waals surface area contributed by atoms with Crippen molar-refractivity contribution >= 4 is 22.9 Å². The Hall–Kier alpha value is -3.10. The number of hydrogen-bond acceptors (Lipinski definition) is 6. The zero-order chi connectivity index (χ0) is 19.7. The molecule has 4 rings (SSSR count). The maximum atomic E-state index is 13.2. The van der Waals surface area contributed by atoms with Crippen LogP contribution in [0.4, 0.5) is 10.2 Å². The molecule has 1 aliphatic rings. The van der Waals surface area contributed by atoms with Gasteiger partial charge in [0.15, 0.2) is 17.0 Å². The van der Waals surface area contributed by atoms with Gasteiger partial charge >= 0.3 is 0 Å². The predicted octanol–water partition coefficient (Wildman–Crippen LogP) is 2.04. The molecule has 1 saturated heterocycles. The monoisotopic (exact) mass is 383 g/mol. The van der Waals surface area contributed by atoms with E-state index in [-0.39, 0.29) is 11.7 Å². The molecule has 3 aromatic rings. The van der Waals surface area contributed by atoms with E-state index >= 15 is 0 Å². The van der Waals surface area contributed by atoms with Crippen LogP contribution >= 0.6 is 0 Å². The maximum Gasteiger partial charge on any atom is 0.222 e. The number of nitrogens with zero attached hydrogens (tertiary/aromatic N) is 7. The van der Waals surface area contributed by atoms with Crippen LogP contribution < -0.4 is 4.90 Å². The molecule has 0 atom stereocenters. The Morgan fingerprint density at radius 1 is 1.11 bits per heavy atom. The number of hydrogen-bond donors (Lipinski definition) is 0. The van der Waals surface area contributed by atoms with Gasteiger partial charge in [0.1, 0.15) is 12.1 Å². The Balaban J connectivity index is 1.56. The van der Waals surface area contributed by atoms with Crippen LogP contribution in [-0.4, -0.2) is 61.9 Å². The van der Waals surface area contributed by atoms with E-state index in [9.17, 15) is 9.18 Å². The molecule has 146 valence electrons. The summed E-state index contributed by atoms with van der Waals surface area (Å²) < 4.78 is 14.8. The molecule has 0 aliphatic carbocycles. The van der Waals surface area contributed by atoms with Crippen molar-refractivity contribution in [3.8, 4) is 5.69 Å². The van der Waals surface area contributed by atoms with Crippen molar-refractivity contribution in [2.24, 2.45) is 5.92 Å². The molecule has 28 heavy (non-hydrogen) atoms. The Labute approximate surface area is 162 Å². The minimum Gasteiger partial charge on any atom is -0.351 e. The number of halogens is 1. The number of amides is 1. The van der Waals surface area contributed by atoms with E-state index in [0.29, 0.717) is 61.2 Å². The van der Waals surface area contributed by atoms with Gasteiger partial charge in [-0.2, -0.15) is 4.68 Å². The molecule has 1 fully saturated rings. The Bertz CT molecular complexity index is 978. The van der Waals surface area contributed by atoms with Crippen molar-refractivity contribution in [2.75, 3.05) is 31.1 Å². The number of carbonyl (C=O) groups excluding carboxylic acids is 1. The van der Waals surface area contributed by atoms with Crippen LogP contribution in [0.1, 0.15) is 20.3 Å². The van der Waals surface area contributed by atoms with Gasteiger partial charge in [-0.25, -0.2) is 14.4 Å². The first-order chi connectivity index (χ1) is 13.5. The van der Waals surface area contributed by atoms with E-state index in [4.69, 9.17) is 0 Å². The van der Waals surface area contributed by atoms with Gasteiger partial charge in [-0.1, -0.05) is 19.1 Å². The summed E-state index contributed by atoms with van der Waals surface area (Å²) in [4.78, 5) is 25.0. The van der Waals surface area contributed by atoms with Crippen molar-refractivity contribution in [1.82, 2.24) is 29.9 Å². The number of aromatic nitrogens is 5. The topological polar surface area (TPSA) is 80.0 Å². The first-order valence-electron chi connectivity index (χ1n) is 9.38. The Morgan fingerprint density at radius 3 is 2.50 bits per heavy atom. The van der Waals surface area contributed by atoms with Crippen LogP contribution in [-0.2, 0) is 4.79 Å². The largest absolute Gasteiger partial charge is 0.351 e. The lowest BCUT2D eigenvalue weighted by molar-refractivity contribution is -0.132. The van der Waals surface area contributed by atoms with E-state index in [0.717, 1.165) is 0 Å². The van der Waals surface area contributed by atoms with Crippen LogP contribution in [0.3, 0.4) is 0 Å². The molecule has 9 heteroatoms. The molecule has 0 saturated carbocycles. The second-order valence-corrected chi connectivity index (χ2v) is 7.31. The minimum absolute atomic E-state index is 0.199. The van der Waals surface area contributed by atoms with Gasteiger partial charge in [0.25, 0.3) is 0 Å². The zero-order valence-electron chi connectivity index (χ0n) is 15.9. The van der Waals surface area contributed by atoms with Crippen molar-refractivity contribution in [3.63, 3.8) is 0 Å². The number of anilines is 1. The third-order valence-corrected chi connectivity index (χ3v) is 4.80. The molecular weight excluding hydrogens is 361 g/mol. The zero-order valence-corrected chi connectivity index (χ0v) is 15.9. The van der Waals surface area contributed by atoms with Crippen molar-refractivity contribution in [3.05, 3.63) is 36.4 Å². The highest BCUT2D eigenvalue weighted by molar-refractivity contribution is 5.84. The lowest BCUT2D eigenvalue weighted by Crippen LogP contribution is -2.49. The fraction of sp³-hybridized carbons (Fsp3) is 0.421. The highest BCUT2D eigenvalue weighted by Crippen LogP contribution is 2.24. The van der Waals surface area contributed by atoms with E-state index in [2.05, 4.69) is 39.0 Å². The van der Waals surface area contributed by atoms with Gasteiger partial charge < -0.3 is 9.80 Å². The average Bonchev–Trinajstić information content (AvgIpc) is 3.12. The maximum absolute atomic E-state index is 13.2. The summed E-state index contributed by atoms with van der Waals surface area (Å²) in [5, 5.41) is 8.44. The number of carbonyl (C=O) groups is 1. The smallest absolute Gasteiger partial charge is 0.222 e. The molecule has 1 aliphatic heterocycles. The van der Waals surface area contributed by atoms with Gasteiger partial charge in [0, 0.05) is 32.6 Å². The summed E-state index contributed by atoms with van der Waals surface area (Å²) in [5.41, 5.74) is 1.83. The van der Waals surface area contributed by atoms with Gasteiger partial charge in [-0.15, -0.1) is 5.10 Å². The standard InChI is InChI=1S/C19H22FN7O/c1-13(2)11-16(28)25-7-9-26(10-8-25)18-17-19(22-12-21-18)27(24-23-17)15-5-3-14(20)4-6-15/h3-6,12-13H,7-11H2,1-2H3. The van der Waals surface area contributed by atoms with Crippen LogP contribution in [0.15, 0.2) is 30.6 Å². The first-order valence-corrected chi connectivity index (χ1v) is 9.38. The molecule has 8 nitrogen and oxygen atoms in total. The van der Waals surface area contributed by atoms with Crippen LogP contribution in [0, 0.1) is 11.7 Å². The summed E-state index contributed by atoms with van der Waals surface area (Å²) >= 11 is 0. The quantitative estimate of drug-likeness (QED) is 0.686. The van der Waals surface area contributed by atoms with E-state index in [1.165, 1.54) is 18.5 Å². The summed E-state index contributed by atoms with van der Waals surface area (Å²) in [6.07, 6.45) is 2.06. The van der Waals surface area contributed by atoms with Gasteiger partial charge in [-0.3, -0.25) is 4.79 Å². The molecule has 0 spiro atoms. The highest BCUT2D eigenvalue weighted by Gasteiger charge is 2.25. The van der Waals surface area contributed by atoms with E-state index < -0.39 is 0 Å². The van der Waals surface area contributed by atoms with Crippen LogP contribution in [0.25, 0.3) is 16.9 Å². The highest BCUT2D eigenvalue weighted by atomic mass is 19.1.